The highest BCUT2D eigenvalue weighted by molar-refractivity contribution is 5.67. The lowest BCUT2D eigenvalue weighted by Crippen LogP contribution is -2.40. The highest BCUT2D eigenvalue weighted by Crippen LogP contribution is 2.21. The maximum atomic E-state index is 12.1. The van der Waals surface area contributed by atoms with Crippen molar-refractivity contribution >= 4 is 17.2 Å². The molecule has 4 rings (SSSR count). The number of rotatable bonds is 3. The fourth-order valence-electron chi connectivity index (χ4n) is 3.27. The monoisotopic (exact) mass is 341 g/mol. The van der Waals surface area contributed by atoms with Crippen molar-refractivity contribution in [1.29, 1.82) is 0 Å². The minimum Gasteiger partial charge on any atom is -0.364 e. The standard InChI is InChI=1S/C16H19N7O2/c1-20-13(9-14(24)21(2)16(20)25)22-7-4-11(10-22)19-15-12-3-5-18-23(12)8-6-17-15/h3,5-6,8-9,11H,4,7,10H2,1-2H3,(H,17,19)/t11-/m0/s1. The van der Waals surface area contributed by atoms with Gasteiger partial charge in [0, 0.05) is 51.7 Å². The zero-order chi connectivity index (χ0) is 17.6. The largest absolute Gasteiger partial charge is 0.364 e. The Kier molecular flexibility index (Phi) is 3.56. The summed E-state index contributed by atoms with van der Waals surface area (Å²) in [5.41, 5.74) is 0.312. The summed E-state index contributed by atoms with van der Waals surface area (Å²) < 4.78 is 4.39. The lowest BCUT2D eigenvalue weighted by Gasteiger charge is -2.21. The summed E-state index contributed by atoms with van der Waals surface area (Å²) in [5.74, 6) is 1.43. The van der Waals surface area contributed by atoms with E-state index in [1.807, 2.05) is 6.07 Å². The average molecular weight is 341 g/mol. The molecule has 0 spiro atoms. The molecule has 1 saturated heterocycles. The van der Waals surface area contributed by atoms with Crippen molar-refractivity contribution in [2.24, 2.45) is 14.1 Å². The van der Waals surface area contributed by atoms with Crippen LogP contribution in [-0.4, -0.2) is 42.9 Å². The highest BCUT2D eigenvalue weighted by Gasteiger charge is 2.25. The predicted molar refractivity (Wildman–Crippen MR) is 94.2 cm³/mol. The summed E-state index contributed by atoms with van der Waals surface area (Å²) in [7, 11) is 3.17. The summed E-state index contributed by atoms with van der Waals surface area (Å²) in [6.07, 6.45) is 6.13. The van der Waals surface area contributed by atoms with Crippen LogP contribution in [0.3, 0.4) is 0 Å². The van der Waals surface area contributed by atoms with Crippen LogP contribution in [0, 0.1) is 0 Å². The van der Waals surface area contributed by atoms with Crippen LogP contribution in [0.15, 0.2) is 40.3 Å². The number of nitrogens with one attached hydrogen (secondary N) is 1. The third kappa shape index (κ3) is 2.57. The van der Waals surface area contributed by atoms with Crippen LogP contribution in [0.2, 0.25) is 0 Å². The molecule has 1 aliphatic rings. The van der Waals surface area contributed by atoms with Gasteiger partial charge in [-0.2, -0.15) is 5.10 Å². The Morgan fingerprint density at radius 3 is 2.88 bits per heavy atom. The van der Waals surface area contributed by atoms with Gasteiger partial charge < -0.3 is 10.2 Å². The van der Waals surface area contributed by atoms with Crippen molar-refractivity contribution in [3.05, 3.63) is 51.6 Å². The second-order valence-corrected chi connectivity index (χ2v) is 6.25. The third-order valence-electron chi connectivity index (χ3n) is 4.68. The first-order chi connectivity index (χ1) is 12.0. The molecule has 0 aliphatic carbocycles. The molecule has 3 aromatic rings. The molecular weight excluding hydrogens is 322 g/mol. The van der Waals surface area contributed by atoms with Crippen LogP contribution in [-0.2, 0) is 14.1 Å². The Hall–Kier alpha value is -3.10. The van der Waals surface area contributed by atoms with Gasteiger partial charge in [0.25, 0.3) is 5.56 Å². The van der Waals surface area contributed by atoms with Crippen LogP contribution >= 0.6 is 0 Å². The maximum Gasteiger partial charge on any atom is 0.332 e. The van der Waals surface area contributed by atoms with Crippen LogP contribution in [0.1, 0.15) is 6.42 Å². The van der Waals surface area contributed by atoms with Crippen molar-refractivity contribution in [2.75, 3.05) is 23.3 Å². The van der Waals surface area contributed by atoms with Gasteiger partial charge in [-0.1, -0.05) is 0 Å². The number of nitrogens with zero attached hydrogens (tertiary/aromatic N) is 6. The minimum absolute atomic E-state index is 0.174. The molecule has 0 saturated carbocycles. The van der Waals surface area contributed by atoms with Gasteiger partial charge in [-0.05, 0) is 12.5 Å². The quantitative estimate of drug-likeness (QED) is 0.711. The summed E-state index contributed by atoms with van der Waals surface area (Å²) in [6, 6.07) is 3.60. The second kappa shape index (κ2) is 5.76. The number of aromatic nitrogens is 5. The molecule has 1 aliphatic heterocycles. The van der Waals surface area contributed by atoms with Gasteiger partial charge in [-0.15, -0.1) is 0 Å². The van der Waals surface area contributed by atoms with E-state index in [4.69, 9.17) is 0 Å². The van der Waals surface area contributed by atoms with Crippen LogP contribution < -0.4 is 21.5 Å². The first kappa shape index (κ1) is 15.4. The lowest BCUT2D eigenvalue weighted by atomic mass is 10.2. The van der Waals surface area contributed by atoms with Gasteiger partial charge in [0.15, 0.2) is 5.82 Å². The van der Waals surface area contributed by atoms with Gasteiger partial charge in [0.05, 0.1) is 6.20 Å². The maximum absolute atomic E-state index is 12.1. The molecule has 0 bridgehead atoms. The van der Waals surface area contributed by atoms with E-state index in [2.05, 4.69) is 20.3 Å². The van der Waals surface area contributed by atoms with E-state index in [1.54, 1.807) is 30.2 Å². The fraction of sp³-hybridized carbons (Fsp3) is 0.375. The molecule has 0 radical (unpaired) electrons. The second-order valence-electron chi connectivity index (χ2n) is 6.25. The van der Waals surface area contributed by atoms with Crippen LogP contribution in [0.25, 0.3) is 5.52 Å². The van der Waals surface area contributed by atoms with E-state index in [1.165, 1.54) is 17.7 Å². The molecule has 4 heterocycles. The van der Waals surface area contributed by atoms with Gasteiger partial charge >= 0.3 is 5.69 Å². The molecule has 1 fully saturated rings. The smallest absolute Gasteiger partial charge is 0.332 e. The summed E-state index contributed by atoms with van der Waals surface area (Å²) in [4.78, 5) is 30.5. The van der Waals surface area contributed by atoms with Crippen molar-refractivity contribution in [1.82, 2.24) is 23.7 Å². The van der Waals surface area contributed by atoms with E-state index in [9.17, 15) is 9.59 Å². The van der Waals surface area contributed by atoms with E-state index >= 15 is 0 Å². The molecular formula is C16H19N7O2. The van der Waals surface area contributed by atoms with Crippen molar-refractivity contribution < 1.29 is 0 Å². The molecule has 9 nitrogen and oxygen atoms in total. The van der Waals surface area contributed by atoms with Crippen molar-refractivity contribution in [3.8, 4) is 0 Å². The first-order valence-electron chi connectivity index (χ1n) is 8.11. The minimum atomic E-state index is -0.315. The zero-order valence-electron chi connectivity index (χ0n) is 14.1. The number of hydrogen-bond acceptors (Lipinski definition) is 6. The van der Waals surface area contributed by atoms with Crippen molar-refractivity contribution in [3.63, 3.8) is 0 Å². The molecule has 1 atom stereocenters. The zero-order valence-corrected chi connectivity index (χ0v) is 14.1. The molecule has 3 aromatic heterocycles. The molecule has 0 unspecified atom stereocenters. The number of hydrogen-bond donors (Lipinski definition) is 1. The van der Waals surface area contributed by atoms with Crippen molar-refractivity contribution in [2.45, 2.75) is 12.5 Å². The van der Waals surface area contributed by atoms with Gasteiger partial charge in [-0.3, -0.25) is 13.9 Å². The Labute approximate surface area is 143 Å². The van der Waals surface area contributed by atoms with Gasteiger partial charge in [-0.25, -0.2) is 14.3 Å². The molecule has 9 heteroatoms. The number of anilines is 2. The SMILES string of the molecule is Cn1c(N2CC[C@H](Nc3nccn4nccc34)C2)cc(=O)n(C)c1=O. The Balaban J connectivity index is 1.57. The van der Waals surface area contributed by atoms with Crippen LogP contribution in [0.5, 0.6) is 0 Å². The molecule has 25 heavy (non-hydrogen) atoms. The van der Waals surface area contributed by atoms with Gasteiger partial charge in [0.1, 0.15) is 11.3 Å². The Morgan fingerprint density at radius 1 is 1.20 bits per heavy atom. The van der Waals surface area contributed by atoms with Gasteiger partial charge in [0.2, 0.25) is 0 Å². The predicted octanol–water partition coefficient (Wildman–Crippen LogP) is -0.182. The molecule has 0 amide bonds. The third-order valence-corrected chi connectivity index (χ3v) is 4.68. The summed E-state index contributed by atoms with van der Waals surface area (Å²) in [5, 5.41) is 7.65. The Morgan fingerprint density at radius 2 is 2.04 bits per heavy atom. The van der Waals surface area contributed by atoms with Crippen LogP contribution in [0.4, 0.5) is 11.6 Å². The molecule has 0 aromatic carbocycles. The van der Waals surface area contributed by atoms with E-state index in [0.29, 0.717) is 12.4 Å². The topological polar surface area (TPSA) is 89.5 Å². The van der Waals surface area contributed by atoms with E-state index < -0.39 is 0 Å². The highest BCUT2D eigenvalue weighted by atomic mass is 16.2. The average Bonchev–Trinajstić information content (AvgIpc) is 3.26. The first-order valence-corrected chi connectivity index (χ1v) is 8.11. The summed E-state index contributed by atoms with van der Waals surface area (Å²) in [6.45, 7) is 1.46. The lowest BCUT2D eigenvalue weighted by molar-refractivity contribution is 0.672. The van der Waals surface area contributed by atoms with E-state index in [0.717, 1.165) is 28.9 Å². The molecule has 130 valence electrons. The normalized spacial score (nSPS) is 17.4. The van der Waals surface area contributed by atoms with E-state index in [-0.39, 0.29) is 17.3 Å². The molecule has 1 N–H and O–H groups in total. The summed E-state index contributed by atoms with van der Waals surface area (Å²) >= 11 is 0. The number of fused-ring (bicyclic) bond motifs is 1. The fourth-order valence-corrected chi connectivity index (χ4v) is 3.27. The Bertz CT molecular complexity index is 1050.